The van der Waals surface area contributed by atoms with Crippen molar-refractivity contribution in [1.82, 2.24) is 9.97 Å². The van der Waals surface area contributed by atoms with Crippen molar-refractivity contribution in [3.8, 4) is 5.75 Å². The van der Waals surface area contributed by atoms with Crippen LogP contribution in [-0.2, 0) is 6.18 Å². The Morgan fingerprint density at radius 1 is 0.897 bits per heavy atom. The zero-order valence-electron chi connectivity index (χ0n) is 15.9. The molecule has 0 fully saturated rings. The number of rotatable bonds is 5. The van der Waals surface area contributed by atoms with Crippen molar-refractivity contribution in [2.24, 2.45) is 0 Å². The van der Waals surface area contributed by atoms with Crippen LogP contribution in [-0.4, -0.2) is 17.1 Å². The Labute approximate surface area is 164 Å². The summed E-state index contributed by atoms with van der Waals surface area (Å²) in [6.07, 6.45) is -3.62. The second-order valence-electron chi connectivity index (χ2n) is 6.46. The van der Waals surface area contributed by atoms with E-state index in [-0.39, 0.29) is 23.2 Å². The number of hydrogen-bond acceptors (Lipinski definition) is 5. The molecule has 0 bridgehead atoms. The third-order valence-electron chi connectivity index (χ3n) is 3.95. The van der Waals surface area contributed by atoms with Crippen LogP contribution < -0.4 is 15.4 Å². The summed E-state index contributed by atoms with van der Waals surface area (Å²) in [7, 11) is 1.26. The van der Waals surface area contributed by atoms with E-state index in [4.69, 9.17) is 4.74 Å². The zero-order chi connectivity index (χ0) is 21.2. The van der Waals surface area contributed by atoms with E-state index in [2.05, 4.69) is 20.6 Å². The van der Waals surface area contributed by atoms with Gasteiger partial charge in [-0.05, 0) is 49.2 Å². The lowest BCUT2D eigenvalue weighted by molar-refractivity contribution is -0.137. The molecule has 0 unspecified atom stereocenters. The van der Waals surface area contributed by atoms with E-state index in [1.54, 1.807) is 0 Å². The largest absolute Gasteiger partial charge is 0.497 e. The molecular weight excluding hydrogens is 388 g/mol. The average molecular weight is 406 g/mol. The van der Waals surface area contributed by atoms with Gasteiger partial charge in [0.2, 0.25) is 5.95 Å². The summed E-state index contributed by atoms with van der Waals surface area (Å²) in [4.78, 5) is 7.84. The second kappa shape index (κ2) is 7.94. The fourth-order valence-corrected chi connectivity index (χ4v) is 2.78. The number of ether oxygens (including phenoxy) is 1. The number of aromatic nitrogens is 2. The molecule has 1 heterocycles. The van der Waals surface area contributed by atoms with Crippen molar-refractivity contribution in [1.29, 1.82) is 0 Å². The van der Waals surface area contributed by atoms with Gasteiger partial charge >= 0.3 is 6.18 Å². The lowest BCUT2D eigenvalue weighted by atomic mass is 10.1. The standard InChI is InChI=1S/C20H18F4N4O/c1-11-4-12(2)6-14(5-11)26-18-17(21)10-25-19(28-18)27-15-7-13(20(22,23)24)8-16(9-15)29-3/h4-10H,1-3H3,(H2,25,26,27,28). The fraction of sp³-hybridized carbons (Fsp3) is 0.200. The van der Waals surface area contributed by atoms with Crippen LogP contribution in [0, 0.1) is 19.7 Å². The first-order valence-corrected chi connectivity index (χ1v) is 8.55. The lowest BCUT2D eigenvalue weighted by Gasteiger charge is -2.13. The molecule has 0 saturated carbocycles. The minimum absolute atomic E-state index is 0.0121. The quantitative estimate of drug-likeness (QED) is 0.529. The minimum Gasteiger partial charge on any atom is -0.497 e. The fourth-order valence-electron chi connectivity index (χ4n) is 2.78. The summed E-state index contributed by atoms with van der Waals surface area (Å²) < 4.78 is 58.3. The lowest BCUT2D eigenvalue weighted by Crippen LogP contribution is -2.07. The van der Waals surface area contributed by atoms with Crippen molar-refractivity contribution in [2.45, 2.75) is 20.0 Å². The zero-order valence-corrected chi connectivity index (χ0v) is 15.9. The maximum absolute atomic E-state index is 14.2. The van der Waals surface area contributed by atoms with E-state index in [1.165, 1.54) is 13.2 Å². The van der Waals surface area contributed by atoms with Crippen LogP contribution in [0.4, 0.5) is 40.7 Å². The van der Waals surface area contributed by atoms with Gasteiger partial charge in [-0.3, -0.25) is 0 Å². The number of methoxy groups -OCH3 is 1. The Morgan fingerprint density at radius 2 is 1.55 bits per heavy atom. The molecule has 0 saturated heterocycles. The molecule has 2 N–H and O–H groups in total. The third kappa shape index (κ3) is 5.13. The molecule has 0 amide bonds. The Morgan fingerprint density at radius 3 is 2.17 bits per heavy atom. The molecule has 0 radical (unpaired) electrons. The molecule has 5 nitrogen and oxygen atoms in total. The maximum Gasteiger partial charge on any atom is 0.416 e. The Kier molecular flexibility index (Phi) is 5.58. The van der Waals surface area contributed by atoms with Crippen LogP contribution >= 0.6 is 0 Å². The van der Waals surface area contributed by atoms with Crippen LogP contribution in [0.1, 0.15) is 16.7 Å². The van der Waals surface area contributed by atoms with E-state index in [0.717, 1.165) is 29.5 Å². The first kappa shape index (κ1) is 20.4. The molecule has 152 valence electrons. The molecule has 0 spiro atoms. The summed E-state index contributed by atoms with van der Waals surface area (Å²) in [5.41, 5.74) is 1.76. The number of hydrogen-bond donors (Lipinski definition) is 2. The first-order chi connectivity index (χ1) is 13.6. The maximum atomic E-state index is 14.2. The van der Waals surface area contributed by atoms with Gasteiger partial charge in [-0.2, -0.15) is 18.2 Å². The Bertz CT molecular complexity index is 1020. The first-order valence-electron chi connectivity index (χ1n) is 8.55. The predicted molar refractivity (Wildman–Crippen MR) is 102 cm³/mol. The van der Waals surface area contributed by atoms with Crippen LogP contribution in [0.25, 0.3) is 0 Å². The molecule has 3 aromatic rings. The van der Waals surface area contributed by atoms with E-state index in [1.807, 2.05) is 32.0 Å². The van der Waals surface area contributed by atoms with Gasteiger partial charge in [0.25, 0.3) is 0 Å². The summed E-state index contributed by atoms with van der Waals surface area (Å²) >= 11 is 0. The van der Waals surface area contributed by atoms with Crippen molar-refractivity contribution in [3.05, 3.63) is 65.1 Å². The minimum atomic E-state index is -4.55. The van der Waals surface area contributed by atoms with E-state index < -0.39 is 17.6 Å². The van der Waals surface area contributed by atoms with Gasteiger partial charge in [0.1, 0.15) is 5.75 Å². The second-order valence-corrected chi connectivity index (χ2v) is 6.46. The van der Waals surface area contributed by atoms with Gasteiger partial charge in [-0.25, -0.2) is 9.37 Å². The van der Waals surface area contributed by atoms with E-state index in [9.17, 15) is 17.6 Å². The molecule has 29 heavy (non-hydrogen) atoms. The van der Waals surface area contributed by atoms with Gasteiger partial charge in [-0.1, -0.05) is 6.07 Å². The molecule has 0 aliphatic rings. The summed E-state index contributed by atoms with van der Waals surface area (Å²) in [6, 6.07) is 8.74. The Balaban J connectivity index is 1.90. The molecule has 0 aliphatic carbocycles. The summed E-state index contributed by atoms with van der Waals surface area (Å²) in [6.45, 7) is 3.81. The highest BCUT2D eigenvalue weighted by Gasteiger charge is 2.31. The van der Waals surface area contributed by atoms with Gasteiger partial charge in [0, 0.05) is 17.4 Å². The molecule has 9 heteroatoms. The number of nitrogens with zero attached hydrogens (tertiary/aromatic N) is 2. The van der Waals surface area contributed by atoms with Gasteiger partial charge in [-0.15, -0.1) is 0 Å². The smallest absolute Gasteiger partial charge is 0.416 e. The number of halogens is 4. The number of nitrogens with one attached hydrogen (secondary N) is 2. The predicted octanol–water partition coefficient (Wildman–Crippen LogP) is 5.75. The number of benzene rings is 2. The Hall–Kier alpha value is -3.36. The molecule has 0 atom stereocenters. The van der Waals surface area contributed by atoms with Crippen molar-refractivity contribution < 1.29 is 22.3 Å². The average Bonchev–Trinajstić information content (AvgIpc) is 2.62. The van der Waals surface area contributed by atoms with Crippen LogP contribution in [0.2, 0.25) is 0 Å². The summed E-state index contributed by atoms with van der Waals surface area (Å²) in [5.74, 6) is -0.861. The van der Waals surface area contributed by atoms with Crippen molar-refractivity contribution >= 4 is 23.1 Å². The number of anilines is 4. The van der Waals surface area contributed by atoms with E-state index in [0.29, 0.717) is 5.69 Å². The monoisotopic (exact) mass is 406 g/mol. The summed E-state index contributed by atoms with van der Waals surface area (Å²) in [5, 5.41) is 5.53. The molecule has 2 aromatic carbocycles. The highest BCUT2D eigenvalue weighted by atomic mass is 19.4. The topological polar surface area (TPSA) is 59.1 Å². The normalized spacial score (nSPS) is 11.3. The van der Waals surface area contributed by atoms with Gasteiger partial charge in [0.05, 0.1) is 18.9 Å². The van der Waals surface area contributed by atoms with Gasteiger partial charge in [0.15, 0.2) is 11.6 Å². The highest BCUT2D eigenvalue weighted by Crippen LogP contribution is 2.34. The van der Waals surface area contributed by atoms with Gasteiger partial charge < -0.3 is 15.4 Å². The molecular formula is C20H18F4N4O. The van der Waals surface area contributed by atoms with Crippen molar-refractivity contribution in [3.63, 3.8) is 0 Å². The van der Waals surface area contributed by atoms with Crippen molar-refractivity contribution in [2.75, 3.05) is 17.7 Å². The SMILES string of the molecule is COc1cc(Nc2ncc(F)c(Nc3cc(C)cc(C)c3)n2)cc(C(F)(F)F)c1. The third-order valence-corrected chi connectivity index (χ3v) is 3.95. The number of aryl methyl sites for hydroxylation is 2. The molecule has 1 aromatic heterocycles. The van der Waals surface area contributed by atoms with Crippen LogP contribution in [0.5, 0.6) is 5.75 Å². The van der Waals surface area contributed by atoms with E-state index >= 15 is 0 Å². The number of alkyl halides is 3. The molecule has 0 aliphatic heterocycles. The molecule has 3 rings (SSSR count). The van der Waals surface area contributed by atoms with Crippen LogP contribution in [0.3, 0.4) is 0 Å². The van der Waals surface area contributed by atoms with Crippen LogP contribution in [0.15, 0.2) is 42.6 Å². The highest BCUT2D eigenvalue weighted by molar-refractivity contribution is 5.62.